The average molecular weight is 813 g/mol. The van der Waals surface area contributed by atoms with E-state index in [1.54, 1.807) is 0 Å². The molecule has 6 nitrogen and oxygen atoms in total. The Morgan fingerprint density at radius 1 is 0.362 bits per heavy atom. The highest BCUT2D eigenvalue weighted by atomic mass is 16.6. The van der Waals surface area contributed by atoms with E-state index in [0.717, 1.165) is 96.3 Å². The van der Waals surface area contributed by atoms with Gasteiger partial charge < -0.3 is 14.2 Å². The molecule has 0 radical (unpaired) electrons. The molecule has 0 saturated heterocycles. The third-order valence-electron chi connectivity index (χ3n) is 10.6. The number of carbonyl (C=O) groups is 3. The molecule has 0 spiro atoms. The summed E-state index contributed by atoms with van der Waals surface area (Å²) in [5, 5.41) is 0. The van der Waals surface area contributed by atoms with Crippen LogP contribution in [0.25, 0.3) is 0 Å². The highest BCUT2D eigenvalue weighted by Gasteiger charge is 2.19. The normalized spacial score (nSPS) is 12.4. The Balaban J connectivity index is 4.40. The van der Waals surface area contributed by atoms with Crippen molar-refractivity contribution in [2.24, 2.45) is 0 Å². The van der Waals surface area contributed by atoms with Gasteiger partial charge in [-0.3, -0.25) is 14.4 Å². The summed E-state index contributed by atoms with van der Waals surface area (Å²) in [6, 6.07) is 0. The number of hydrogen-bond acceptors (Lipinski definition) is 6. The van der Waals surface area contributed by atoms with E-state index in [1.807, 2.05) is 0 Å². The minimum Gasteiger partial charge on any atom is -0.462 e. The Hall–Kier alpha value is -2.63. The average Bonchev–Trinajstić information content (AvgIpc) is 3.22. The summed E-state index contributed by atoms with van der Waals surface area (Å²) >= 11 is 0. The zero-order valence-corrected chi connectivity index (χ0v) is 38.3. The number of hydrogen-bond donors (Lipinski definition) is 0. The van der Waals surface area contributed by atoms with E-state index < -0.39 is 6.10 Å². The summed E-state index contributed by atoms with van der Waals surface area (Å²) < 4.78 is 16.7. The smallest absolute Gasteiger partial charge is 0.306 e. The molecule has 0 heterocycles. The number of esters is 3. The van der Waals surface area contributed by atoms with Gasteiger partial charge in [-0.05, 0) is 57.8 Å². The Labute approximate surface area is 358 Å². The molecular formula is C52H92O6. The van der Waals surface area contributed by atoms with Crippen molar-refractivity contribution in [1.82, 2.24) is 0 Å². The summed E-state index contributed by atoms with van der Waals surface area (Å²) in [6.07, 6.45) is 55.2. The molecule has 0 aliphatic heterocycles. The minimum atomic E-state index is -0.780. The topological polar surface area (TPSA) is 78.9 Å². The lowest BCUT2D eigenvalue weighted by Crippen LogP contribution is -2.30. The lowest BCUT2D eigenvalue weighted by atomic mass is 10.0. The first-order valence-corrected chi connectivity index (χ1v) is 24.6. The second kappa shape index (κ2) is 47.1. The van der Waals surface area contributed by atoms with Crippen LogP contribution in [-0.4, -0.2) is 37.2 Å². The van der Waals surface area contributed by atoms with Crippen LogP contribution in [-0.2, 0) is 28.6 Å². The van der Waals surface area contributed by atoms with Crippen LogP contribution in [0.5, 0.6) is 0 Å². The SMILES string of the molecule is CC/C=C\C/C=C\C/C=C\C/C=C\CCCCCCC(=O)O[C@@H](COC(=O)CCCCCCCCCCCCC)COC(=O)CCCCCCCCCCCCCC. The van der Waals surface area contributed by atoms with Crippen LogP contribution in [0.3, 0.4) is 0 Å². The molecule has 0 saturated carbocycles. The van der Waals surface area contributed by atoms with E-state index in [2.05, 4.69) is 69.4 Å². The second-order valence-electron chi connectivity index (χ2n) is 16.4. The van der Waals surface area contributed by atoms with Crippen molar-refractivity contribution in [3.05, 3.63) is 48.6 Å². The Morgan fingerprint density at radius 3 is 1.05 bits per heavy atom. The molecule has 0 fully saturated rings. The van der Waals surface area contributed by atoms with Gasteiger partial charge in [0.15, 0.2) is 6.10 Å². The van der Waals surface area contributed by atoms with Crippen molar-refractivity contribution >= 4 is 17.9 Å². The zero-order valence-electron chi connectivity index (χ0n) is 38.3. The first-order valence-electron chi connectivity index (χ1n) is 24.6. The first-order chi connectivity index (χ1) is 28.5. The lowest BCUT2D eigenvalue weighted by molar-refractivity contribution is -0.167. The standard InChI is InChI=1S/C52H92O6/c1-4-7-10-13-16-19-22-24-25-26-27-28-31-34-37-40-43-46-52(55)58-49(47-56-50(53)44-41-38-35-32-29-21-18-15-12-9-6-3)48-57-51(54)45-42-39-36-33-30-23-20-17-14-11-8-5-2/h7,10,16,19,24-25,27-28,49H,4-6,8-9,11-15,17-18,20-23,26,29-48H2,1-3H3/b10-7-,19-16-,25-24-,28-27-/t49-/m0/s1. The van der Waals surface area contributed by atoms with Gasteiger partial charge in [-0.25, -0.2) is 0 Å². The summed E-state index contributed by atoms with van der Waals surface area (Å²) in [4.78, 5) is 37.8. The van der Waals surface area contributed by atoms with Gasteiger partial charge in [0.05, 0.1) is 0 Å². The van der Waals surface area contributed by atoms with E-state index in [4.69, 9.17) is 14.2 Å². The summed E-state index contributed by atoms with van der Waals surface area (Å²) in [5.74, 6) is -0.899. The van der Waals surface area contributed by atoms with E-state index in [0.29, 0.717) is 19.3 Å². The van der Waals surface area contributed by atoms with Gasteiger partial charge in [0.25, 0.3) is 0 Å². The predicted octanol–water partition coefficient (Wildman–Crippen LogP) is 15.9. The summed E-state index contributed by atoms with van der Waals surface area (Å²) in [5.41, 5.74) is 0. The lowest BCUT2D eigenvalue weighted by Gasteiger charge is -2.18. The van der Waals surface area contributed by atoms with Crippen LogP contribution in [0.4, 0.5) is 0 Å². The molecule has 0 N–H and O–H groups in total. The number of carbonyl (C=O) groups excluding carboxylic acids is 3. The third-order valence-corrected chi connectivity index (χ3v) is 10.6. The molecule has 0 aromatic rings. The summed E-state index contributed by atoms with van der Waals surface area (Å²) in [6.45, 7) is 6.50. The molecular weight excluding hydrogens is 721 g/mol. The maximum absolute atomic E-state index is 12.8. The number of unbranched alkanes of at least 4 members (excludes halogenated alkanes) is 25. The Morgan fingerprint density at radius 2 is 0.672 bits per heavy atom. The quantitative estimate of drug-likeness (QED) is 0.0264. The van der Waals surface area contributed by atoms with Crippen molar-refractivity contribution in [3.8, 4) is 0 Å². The van der Waals surface area contributed by atoms with Gasteiger partial charge in [-0.2, -0.15) is 0 Å². The molecule has 0 unspecified atom stereocenters. The van der Waals surface area contributed by atoms with Crippen LogP contribution >= 0.6 is 0 Å². The van der Waals surface area contributed by atoms with Gasteiger partial charge in [-0.15, -0.1) is 0 Å². The molecule has 336 valence electrons. The minimum absolute atomic E-state index is 0.0799. The van der Waals surface area contributed by atoms with Crippen molar-refractivity contribution in [1.29, 1.82) is 0 Å². The molecule has 0 bridgehead atoms. The molecule has 0 aliphatic rings. The van der Waals surface area contributed by atoms with Gasteiger partial charge in [-0.1, -0.05) is 217 Å². The monoisotopic (exact) mass is 813 g/mol. The van der Waals surface area contributed by atoms with Crippen LogP contribution in [0.15, 0.2) is 48.6 Å². The zero-order chi connectivity index (χ0) is 42.3. The van der Waals surface area contributed by atoms with E-state index in [-0.39, 0.29) is 31.1 Å². The fraction of sp³-hybridized carbons (Fsp3) is 0.788. The molecule has 1 atom stereocenters. The fourth-order valence-electron chi connectivity index (χ4n) is 6.90. The van der Waals surface area contributed by atoms with Gasteiger partial charge in [0.2, 0.25) is 0 Å². The van der Waals surface area contributed by atoms with Crippen LogP contribution in [0.1, 0.15) is 245 Å². The highest BCUT2D eigenvalue weighted by Crippen LogP contribution is 2.15. The predicted molar refractivity (Wildman–Crippen MR) is 247 cm³/mol. The van der Waals surface area contributed by atoms with Crippen molar-refractivity contribution in [2.75, 3.05) is 13.2 Å². The van der Waals surface area contributed by atoms with Crippen LogP contribution < -0.4 is 0 Å². The molecule has 6 heteroatoms. The maximum atomic E-state index is 12.8. The van der Waals surface area contributed by atoms with Crippen molar-refractivity contribution < 1.29 is 28.6 Å². The van der Waals surface area contributed by atoms with E-state index in [1.165, 1.54) is 109 Å². The molecule has 0 amide bonds. The van der Waals surface area contributed by atoms with Crippen LogP contribution in [0.2, 0.25) is 0 Å². The summed E-state index contributed by atoms with van der Waals surface area (Å²) in [7, 11) is 0. The van der Waals surface area contributed by atoms with Crippen molar-refractivity contribution in [2.45, 2.75) is 252 Å². The van der Waals surface area contributed by atoms with Gasteiger partial charge in [0.1, 0.15) is 13.2 Å². The van der Waals surface area contributed by atoms with Gasteiger partial charge >= 0.3 is 17.9 Å². The molecule has 0 aliphatic carbocycles. The molecule has 0 aromatic heterocycles. The van der Waals surface area contributed by atoms with Crippen molar-refractivity contribution in [3.63, 3.8) is 0 Å². The van der Waals surface area contributed by atoms with Crippen LogP contribution in [0, 0.1) is 0 Å². The second-order valence-corrected chi connectivity index (χ2v) is 16.4. The first kappa shape index (κ1) is 55.4. The highest BCUT2D eigenvalue weighted by molar-refractivity contribution is 5.71. The molecule has 0 aromatic carbocycles. The molecule has 0 rings (SSSR count). The number of allylic oxidation sites excluding steroid dienone is 8. The van der Waals surface area contributed by atoms with Gasteiger partial charge in [0, 0.05) is 19.3 Å². The third kappa shape index (κ3) is 44.5. The Kier molecular flexibility index (Phi) is 44.9. The number of ether oxygens (including phenoxy) is 3. The van der Waals surface area contributed by atoms with E-state index in [9.17, 15) is 14.4 Å². The largest absolute Gasteiger partial charge is 0.462 e. The fourth-order valence-corrected chi connectivity index (χ4v) is 6.90. The Bertz CT molecular complexity index is 1030. The van der Waals surface area contributed by atoms with E-state index >= 15 is 0 Å². The molecule has 58 heavy (non-hydrogen) atoms. The number of rotatable bonds is 44. The maximum Gasteiger partial charge on any atom is 0.306 e.